The second-order valence-corrected chi connectivity index (χ2v) is 6.86. The summed E-state index contributed by atoms with van der Waals surface area (Å²) in [5, 5.41) is 0.571. The summed E-state index contributed by atoms with van der Waals surface area (Å²) in [5.74, 6) is -0.113. The maximum atomic E-state index is 12.6. The Labute approximate surface area is 168 Å². The van der Waals surface area contributed by atoms with Crippen molar-refractivity contribution in [1.82, 2.24) is 9.80 Å². The van der Waals surface area contributed by atoms with Crippen LogP contribution in [0.5, 0.6) is 5.75 Å². The highest BCUT2D eigenvalue weighted by molar-refractivity contribution is 6.30. The van der Waals surface area contributed by atoms with Gasteiger partial charge in [-0.25, -0.2) is 0 Å². The number of amides is 3. The zero-order chi connectivity index (χ0) is 20.3. The molecule has 1 aliphatic rings. The number of methoxy groups -OCH3 is 1. The van der Waals surface area contributed by atoms with Crippen molar-refractivity contribution in [2.24, 2.45) is 0 Å². The van der Waals surface area contributed by atoms with Crippen molar-refractivity contribution >= 4 is 35.0 Å². The molecule has 0 saturated carbocycles. The maximum Gasteiger partial charge on any atom is 0.254 e. The number of benzene rings is 2. The molecular weight excluding hydrogens is 382 g/mol. The Morgan fingerprint density at radius 1 is 1.11 bits per heavy atom. The number of carbonyl (C=O) groups excluding carboxylic acids is 3. The average molecular weight is 402 g/mol. The summed E-state index contributed by atoms with van der Waals surface area (Å²) in [6.45, 7) is 0.00247. The number of halogens is 1. The summed E-state index contributed by atoms with van der Waals surface area (Å²) in [6, 6.07) is 13.5. The first-order chi connectivity index (χ1) is 13.4. The number of nitrogens with zero attached hydrogens (tertiary/aromatic N) is 3. The highest BCUT2D eigenvalue weighted by Gasteiger charge is 2.32. The van der Waals surface area contributed by atoms with Gasteiger partial charge < -0.3 is 14.5 Å². The Morgan fingerprint density at radius 3 is 2.36 bits per heavy atom. The van der Waals surface area contributed by atoms with Gasteiger partial charge in [-0.05, 0) is 48.5 Å². The third-order valence-corrected chi connectivity index (χ3v) is 4.74. The van der Waals surface area contributed by atoms with Crippen molar-refractivity contribution in [2.75, 3.05) is 38.8 Å². The van der Waals surface area contributed by atoms with Crippen LogP contribution in [-0.2, 0) is 9.59 Å². The first-order valence-electron chi connectivity index (χ1n) is 8.62. The average Bonchev–Trinajstić information content (AvgIpc) is 3.10. The monoisotopic (exact) mass is 401 g/mol. The fourth-order valence-corrected chi connectivity index (χ4v) is 3.02. The molecular formula is C20H20ClN3O4. The smallest absolute Gasteiger partial charge is 0.254 e. The van der Waals surface area contributed by atoms with E-state index in [1.54, 1.807) is 62.7 Å². The van der Waals surface area contributed by atoms with E-state index in [0.717, 1.165) is 0 Å². The first-order valence-corrected chi connectivity index (χ1v) is 9.00. The van der Waals surface area contributed by atoms with E-state index in [0.29, 0.717) is 22.0 Å². The van der Waals surface area contributed by atoms with Crippen LogP contribution in [0.3, 0.4) is 0 Å². The lowest BCUT2D eigenvalue weighted by Crippen LogP contribution is -2.40. The lowest BCUT2D eigenvalue weighted by Gasteiger charge is -2.22. The van der Waals surface area contributed by atoms with Gasteiger partial charge in [-0.15, -0.1) is 0 Å². The molecule has 7 nitrogen and oxygen atoms in total. The molecule has 8 heteroatoms. The van der Waals surface area contributed by atoms with Crippen LogP contribution in [-0.4, -0.2) is 61.4 Å². The van der Waals surface area contributed by atoms with Crippen molar-refractivity contribution < 1.29 is 19.1 Å². The molecule has 0 atom stereocenters. The van der Waals surface area contributed by atoms with Crippen LogP contribution in [0.1, 0.15) is 10.4 Å². The second kappa shape index (κ2) is 8.31. The minimum Gasteiger partial charge on any atom is -0.497 e. The molecule has 0 bridgehead atoms. The van der Waals surface area contributed by atoms with E-state index in [9.17, 15) is 14.4 Å². The fourth-order valence-electron chi connectivity index (χ4n) is 2.89. The van der Waals surface area contributed by atoms with E-state index >= 15 is 0 Å². The van der Waals surface area contributed by atoms with Gasteiger partial charge in [0.15, 0.2) is 0 Å². The number of hydrogen-bond donors (Lipinski definition) is 0. The summed E-state index contributed by atoms with van der Waals surface area (Å²) < 4.78 is 5.07. The van der Waals surface area contributed by atoms with E-state index in [1.165, 1.54) is 14.7 Å². The third-order valence-electron chi connectivity index (χ3n) is 4.49. The number of likely N-dealkylation sites (N-methyl/N-ethyl adjacent to an activating group) is 1. The largest absolute Gasteiger partial charge is 0.497 e. The molecule has 1 heterocycles. The standard InChI is InChI=1S/C20H20ClN3O4/c1-22(20(27)14-3-9-17(28-2)10-4-14)11-18(25)23-12-19(26)24(13-23)16-7-5-15(21)6-8-16/h3-10H,11-13H2,1-2H3. The minimum atomic E-state index is -0.297. The highest BCUT2D eigenvalue weighted by Crippen LogP contribution is 2.22. The Bertz CT molecular complexity index is 883. The van der Waals surface area contributed by atoms with E-state index in [-0.39, 0.29) is 37.5 Å². The Hall–Kier alpha value is -3.06. The number of ether oxygens (including phenoxy) is 1. The second-order valence-electron chi connectivity index (χ2n) is 6.42. The van der Waals surface area contributed by atoms with Crippen LogP contribution >= 0.6 is 11.6 Å². The van der Waals surface area contributed by atoms with Crippen LogP contribution in [0.2, 0.25) is 5.02 Å². The number of carbonyl (C=O) groups is 3. The molecule has 1 saturated heterocycles. The zero-order valence-electron chi connectivity index (χ0n) is 15.6. The molecule has 3 amide bonds. The molecule has 146 valence electrons. The molecule has 1 aliphatic heterocycles. The SMILES string of the molecule is COc1ccc(C(=O)N(C)CC(=O)N2CC(=O)N(c3ccc(Cl)cc3)C2)cc1. The van der Waals surface area contributed by atoms with Crippen LogP contribution < -0.4 is 9.64 Å². The lowest BCUT2D eigenvalue weighted by atomic mass is 10.2. The number of hydrogen-bond acceptors (Lipinski definition) is 4. The first kappa shape index (κ1) is 19.7. The molecule has 3 rings (SSSR count). The van der Waals surface area contributed by atoms with Gasteiger partial charge in [0.25, 0.3) is 5.91 Å². The Morgan fingerprint density at radius 2 is 1.75 bits per heavy atom. The van der Waals surface area contributed by atoms with Gasteiger partial charge in [-0.1, -0.05) is 11.6 Å². The topological polar surface area (TPSA) is 70.2 Å². The zero-order valence-corrected chi connectivity index (χ0v) is 16.3. The fraction of sp³-hybridized carbons (Fsp3) is 0.250. The molecule has 0 spiro atoms. The van der Waals surface area contributed by atoms with Gasteiger partial charge in [0.2, 0.25) is 11.8 Å². The summed E-state index contributed by atoms with van der Waals surface area (Å²) in [6.07, 6.45) is 0. The number of rotatable bonds is 5. The van der Waals surface area contributed by atoms with Crippen molar-refractivity contribution in [3.05, 3.63) is 59.1 Å². The van der Waals surface area contributed by atoms with Crippen LogP contribution in [0.25, 0.3) is 0 Å². The van der Waals surface area contributed by atoms with Crippen LogP contribution in [0, 0.1) is 0 Å². The summed E-state index contributed by atoms with van der Waals surface area (Å²) in [4.78, 5) is 41.6. The maximum absolute atomic E-state index is 12.6. The van der Waals surface area contributed by atoms with Crippen molar-refractivity contribution in [3.8, 4) is 5.75 Å². The molecule has 0 aliphatic carbocycles. The highest BCUT2D eigenvalue weighted by atomic mass is 35.5. The van der Waals surface area contributed by atoms with Crippen molar-refractivity contribution in [3.63, 3.8) is 0 Å². The Balaban J connectivity index is 1.61. The van der Waals surface area contributed by atoms with Gasteiger partial charge in [0.05, 0.1) is 13.7 Å². The number of anilines is 1. The summed E-state index contributed by atoms with van der Waals surface area (Å²) in [5.41, 5.74) is 1.13. The quantitative estimate of drug-likeness (QED) is 0.770. The van der Waals surface area contributed by atoms with Gasteiger partial charge in [-0.3, -0.25) is 19.3 Å². The van der Waals surface area contributed by atoms with E-state index in [4.69, 9.17) is 16.3 Å². The molecule has 1 fully saturated rings. The predicted molar refractivity (Wildman–Crippen MR) is 105 cm³/mol. The van der Waals surface area contributed by atoms with E-state index in [1.807, 2.05) is 0 Å². The molecule has 2 aromatic carbocycles. The van der Waals surface area contributed by atoms with Crippen LogP contribution in [0.15, 0.2) is 48.5 Å². The van der Waals surface area contributed by atoms with Gasteiger partial charge >= 0.3 is 0 Å². The third kappa shape index (κ3) is 4.26. The predicted octanol–water partition coefficient (Wildman–Crippen LogP) is 2.25. The molecule has 0 unspecified atom stereocenters. The lowest BCUT2D eigenvalue weighted by molar-refractivity contribution is -0.132. The molecule has 2 aromatic rings. The normalized spacial score (nSPS) is 13.6. The van der Waals surface area contributed by atoms with Gasteiger partial charge in [0.1, 0.15) is 19.0 Å². The summed E-state index contributed by atoms with van der Waals surface area (Å²) in [7, 11) is 3.10. The molecule has 0 radical (unpaired) electrons. The summed E-state index contributed by atoms with van der Waals surface area (Å²) >= 11 is 5.88. The van der Waals surface area contributed by atoms with Crippen LogP contribution in [0.4, 0.5) is 5.69 Å². The minimum absolute atomic E-state index is 0.0218. The van der Waals surface area contributed by atoms with Gasteiger partial charge in [-0.2, -0.15) is 0 Å². The van der Waals surface area contributed by atoms with Crippen molar-refractivity contribution in [2.45, 2.75) is 0 Å². The Kier molecular flexibility index (Phi) is 5.84. The van der Waals surface area contributed by atoms with Gasteiger partial charge in [0, 0.05) is 23.3 Å². The van der Waals surface area contributed by atoms with Crippen molar-refractivity contribution in [1.29, 1.82) is 0 Å². The van der Waals surface area contributed by atoms with E-state index < -0.39 is 0 Å². The molecule has 0 aromatic heterocycles. The molecule has 28 heavy (non-hydrogen) atoms. The van der Waals surface area contributed by atoms with E-state index in [2.05, 4.69) is 0 Å². The molecule has 0 N–H and O–H groups in total.